The van der Waals surface area contributed by atoms with E-state index in [-0.39, 0.29) is 5.54 Å². The second-order valence-corrected chi connectivity index (χ2v) is 7.37. The molecule has 3 heteroatoms. The summed E-state index contributed by atoms with van der Waals surface area (Å²) in [4.78, 5) is 2.78. The Hall–Kier alpha value is -0.120. The maximum Gasteiger partial charge on any atom is 0.0613 e. The van der Waals surface area contributed by atoms with Crippen LogP contribution in [0.15, 0.2) is 0 Å². The molecule has 2 rings (SSSR count). The van der Waals surface area contributed by atoms with Gasteiger partial charge in [-0.15, -0.1) is 0 Å². The van der Waals surface area contributed by atoms with Gasteiger partial charge in [0.15, 0.2) is 0 Å². The van der Waals surface area contributed by atoms with Crippen molar-refractivity contribution in [1.29, 1.82) is 0 Å². The summed E-state index contributed by atoms with van der Waals surface area (Å²) in [7, 11) is 0. The first kappa shape index (κ1) is 16.3. The number of aliphatic hydroxyl groups excluding tert-OH is 1. The molecule has 2 unspecified atom stereocenters. The van der Waals surface area contributed by atoms with Crippen molar-refractivity contribution in [2.45, 2.75) is 83.3 Å². The first-order valence-corrected chi connectivity index (χ1v) is 8.72. The zero-order valence-corrected chi connectivity index (χ0v) is 13.7. The predicted octanol–water partition coefficient (Wildman–Crippen LogP) is 2.78. The van der Waals surface area contributed by atoms with Crippen LogP contribution in [-0.4, -0.2) is 47.3 Å². The smallest absolute Gasteiger partial charge is 0.0613 e. The Labute approximate surface area is 125 Å². The second kappa shape index (κ2) is 7.24. The van der Waals surface area contributed by atoms with E-state index in [2.05, 4.69) is 31.0 Å². The molecule has 2 atom stereocenters. The maximum atomic E-state index is 9.86. The van der Waals surface area contributed by atoms with Crippen LogP contribution in [0.1, 0.15) is 65.7 Å². The summed E-state index contributed by atoms with van der Waals surface area (Å²) in [5, 5.41) is 13.4. The number of nitrogens with one attached hydrogen (secondary N) is 1. The first-order valence-electron chi connectivity index (χ1n) is 8.72. The van der Waals surface area contributed by atoms with Gasteiger partial charge in [-0.2, -0.15) is 0 Å². The van der Waals surface area contributed by atoms with Gasteiger partial charge in [0.05, 0.1) is 6.61 Å². The summed E-state index contributed by atoms with van der Waals surface area (Å²) in [5.74, 6) is 0.788. The molecule has 0 aromatic carbocycles. The summed E-state index contributed by atoms with van der Waals surface area (Å²) < 4.78 is 0. The molecule has 20 heavy (non-hydrogen) atoms. The molecule has 2 N–H and O–H groups in total. The average Bonchev–Trinajstić information content (AvgIpc) is 3.24. The third kappa shape index (κ3) is 4.19. The van der Waals surface area contributed by atoms with E-state index in [4.69, 9.17) is 0 Å². The van der Waals surface area contributed by atoms with E-state index in [0.29, 0.717) is 12.6 Å². The highest BCUT2D eigenvalue weighted by atomic mass is 16.3. The van der Waals surface area contributed by atoms with Crippen molar-refractivity contribution in [3.8, 4) is 0 Å². The molecule has 0 radical (unpaired) electrons. The van der Waals surface area contributed by atoms with Crippen LogP contribution in [0.4, 0.5) is 0 Å². The fourth-order valence-electron chi connectivity index (χ4n) is 3.83. The van der Waals surface area contributed by atoms with Gasteiger partial charge in [0.2, 0.25) is 0 Å². The standard InChI is InChI=1S/C17H34N2O/c1-4-18-17(13-20)10-5-6-16(12-17)19(15-7-8-15)11-9-14(2)3/h14-16,18,20H,4-13H2,1-3H3. The second-order valence-electron chi connectivity index (χ2n) is 7.37. The van der Waals surface area contributed by atoms with Crippen molar-refractivity contribution in [3.63, 3.8) is 0 Å². The van der Waals surface area contributed by atoms with E-state index in [0.717, 1.165) is 31.3 Å². The third-order valence-electron chi connectivity index (χ3n) is 5.12. The quantitative estimate of drug-likeness (QED) is 0.718. The number of hydrogen-bond donors (Lipinski definition) is 2. The van der Waals surface area contributed by atoms with Gasteiger partial charge in [-0.3, -0.25) is 4.90 Å². The zero-order valence-electron chi connectivity index (χ0n) is 13.7. The van der Waals surface area contributed by atoms with Crippen molar-refractivity contribution < 1.29 is 5.11 Å². The molecule has 0 bridgehead atoms. The van der Waals surface area contributed by atoms with Crippen LogP contribution < -0.4 is 5.32 Å². The molecule has 2 aliphatic rings. The first-order chi connectivity index (χ1) is 9.60. The van der Waals surface area contributed by atoms with Crippen LogP contribution in [0.5, 0.6) is 0 Å². The highest BCUT2D eigenvalue weighted by molar-refractivity contribution is 4.99. The number of aliphatic hydroxyl groups is 1. The minimum atomic E-state index is -0.0113. The van der Waals surface area contributed by atoms with E-state index < -0.39 is 0 Å². The number of hydrogen-bond acceptors (Lipinski definition) is 3. The molecule has 2 fully saturated rings. The Bertz CT molecular complexity index is 287. The van der Waals surface area contributed by atoms with Crippen molar-refractivity contribution in [1.82, 2.24) is 10.2 Å². The lowest BCUT2D eigenvalue weighted by atomic mass is 9.78. The van der Waals surface area contributed by atoms with E-state index >= 15 is 0 Å². The fourth-order valence-corrected chi connectivity index (χ4v) is 3.83. The Morgan fingerprint density at radius 1 is 1.25 bits per heavy atom. The molecule has 0 saturated heterocycles. The van der Waals surface area contributed by atoms with Gasteiger partial charge in [0.1, 0.15) is 0 Å². The van der Waals surface area contributed by atoms with Gasteiger partial charge in [-0.05, 0) is 64.0 Å². The Morgan fingerprint density at radius 3 is 2.55 bits per heavy atom. The number of rotatable bonds is 8. The molecule has 0 spiro atoms. The lowest BCUT2D eigenvalue weighted by Crippen LogP contribution is -2.56. The molecule has 2 saturated carbocycles. The average molecular weight is 282 g/mol. The molecule has 0 amide bonds. The lowest BCUT2D eigenvalue weighted by molar-refractivity contribution is 0.0542. The van der Waals surface area contributed by atoms with Crippen LogP contribution >= 0.6 is 0 Å². The van der Waals surface area contributed by atoms with Crippen LogP contribution in [0.3, 0.4) is 0 Å². The zero-order chi connectivity index (χ0) is 14.6. The van der Waals surface area contributed by atoms with E-state index in [1.54, 1.807) is 0 Å². The molecule has 0 heterocycles. The minimum Gasteiger partial charge on any atom is -0.394 e. The molecule has 3 nitrogen and oxygen atoms in total. The molecule has 0 aromatic rings. The van der Waals surface area contributed by atoms with Crippen LogP contribution in [0.2, 0.25) is 0 Å². The molecule has 0 aliphatic heterocycles. The Kier molecular flexibility index (Phi) is 5.88. The van der Waals surface area contributed by atoms with Gasteiger partial charge >= 0.3 is 0 Å². The maximum absolute atomic E-state index is 9.86. The SMILES string of the molecule is CCNC1(CO)CCCC(N(CCC(C)C)C2CC2)C1. The summed E-state index contributed by atoms with van der Waals surface area (Å²) in [6.07, 6.45) is 8.93. The molecule has 118 valence electrons. The van der Waals surface area contributed by atoms with Crippen molar-refractivity contribution in [3.05, 3.63) is 0 Å². The highest BCUT2D eigenvalue weighted by Crippen LogP contribution is 2.37. The topological polar surface area (TPSA) is 35.5 Å². The van der Waals surface area contributed by atoms with Crippen molar-refractivity contribution >= 4 is 0 Å². The normalized spacial score (nSPS) is 31.2. The summed E-state index contributed by atoms with van der Waals surface area (Å²) in [6, 6.07) is 1.52. The van der Waals surface area contributed by atoms with E-state index in [1.165, 1.54) is 38.6 Å². The fraction of sp³-hybridized carbons (Fsp3) is 1.00. The number of likely N-dealkylation sites (N-methyl/N-ethyl adjacent to an activating group) is 1. The van der Waals surface area contributed by atoms with Crippen molar-refractivity contribution in [2.75, 3.05) is 19.7 Å². The molecule has 2 aliphatic carbocycles. The third-order valence-corrected chi connectivity index (χ3v) is 5.12. The van der Waals surface area contributed by atoms with Crippen LogP contribution in [0.25, 0.3) is 0 Å². The molecular formula is C17H34N2O. The highest BCUT2D eigenvalue weighted by Gasteiger charge is 2.41. The van der Waals surface area contributed by atoms with Crippen LogP contribution in [-0.2, 0) is 0 Å². The number of nitrogens with zero attached hydrogens (tertiary/aromatic N) is 1. The summed E-state index contributed by atoms with van der Waals surface area (Å²) in [5.41, 5.74) is -0.0113. The lowest BCUT2D eigenvalue weighted by Gasteiger charge is -2.45. The van der Waals surface area contributed by atoms with Gasteiger partial charge in [-0.25, -0.2) is 0 Å². The summed E-state index contributed by atoms with van der Waals surface area (Å²) >= 11 is 0. The summed E-state index contributed by atoms with van der Waals surface area (Å²) in [6.45, 7) is 9.30. The van der Waals surface area contributed by atoms with E-state index in [9.17, 15) is 5.11 Å². The van der Waals surface area contributed by atoms with Gasteiger partial charge in [0.25, 0.3) is 0 Å². The molecular weight excluding hydrogens is 248 g/mol. The van der Waals surface area contributed by atoms with Gasteiger partial charge in [0, 0.05) is 17.6 Å². The minimum absolute atomic E-state index is 0.0113. The van der Waals surface area contributed by atoms with Crippen molar-refractivity contribution in [2.24, 2.45) is 5.92 Å². The van der Waals surface area contributed by atoms with Gasteiger partial charge in [-0.1, -0.05) is 20.8 Å². The largest absolute Gasteiger partial charge is 0.394 e. The monoisotopic (exact) mass is 282 g/mol. The van der Waals surface area contributed by atoms with Crippen LogP contribution in [0, 0.1) is 5.92 Å². The Morgan fingerprint density at radius 2 is 2.00 bits per heavy atom. The predicted molar refractivity (Wildman–Crippen MR) is 84.9 cm³/mol. The van der Waals surface area contributed by atoms with E-state index in [1.807, 2.05) is 0 Å². The molecule has 0 aromatic heterocycles. The Balaban J connectivity index is 1.97. The van der Waals surface area contributed by atoms with Gasteiger partial charge < -0.3 is 10.4 Å².